The van der Waals surface area contributed by atoms with Crippen LogP contribution in [0, 0.1) is 0 Å². The van der Waals surface area contributed by atoms with Crippen LogP contribution < -0.4 is 5.32 Å². The van der Waals surface area contributed by atoms with Gasteiger partial charge in [-0.1, -0.05) is 6.92 Å². The monoisotopic (exact) mass is 220 g/mol. The van der Waals surface area contributed by atoms with Gasteiger partial charge in [0.2, 0.25) is 0 Å². The molecule has 1 saturated heterocycles. The standard InChI is InChI=1S/C12H20N4/c1-3-12-7-13-10(2)8-16(12)9-11-5-4-6-14-15-11/h4-6,10,12-13H,3,7-9H2,1-2H3. The van der Waals surface area contributed by atoms with E-state index in [4.69, 9.17) is 0 Å². The molecule has 88 valence electrons. The molecular weight excluding hydrogens is 200 g/mol. The summed E-state index contributed by atoms with van der Waals surface area (Å²) < 4.78 is 0. The van der Waals surface area contributed by atoms with E-state index in [0.29, 0.717) is 12.1 Å². The van der Waals surface area contributed by atoms with E-state index in [2.05, 4.69) is 34.3 Å². The van der Waals surface area contributed by atoms with Gasteiger partial charge >= 0.3 is 0 Å². The van der Waals surface area contributed by atoms with Crippen LogP contribution in [-0.2, 0) is 6.54 Å². The number of piperazine rings is 1. The minimum atomic E-state index is 0.569. The summed E-state index contributed by atoms with van der Waals surface area (Å²) in [5.74, 6) is 0. The lowest BCUT2D eigenvalue weighted by atomic mass is 10.1. The normalized spacial score (nSPS) is 26.9. The summed E-state index contributed by atoms with van der Waals surface area (Å²) in [5, 5.41) is 11.6. The van der Waals surface area contributed by atoms with Gasteiger partial charge in [0, 0.05) is 37.9 Å². The average Bonchev–Trinajstić information content (AvgIpc) is 2.31. The van der Waals surface area contributed by atoms with Crippen LogP contribution >= 0.6 is 0 Å². The molecule has 1 fully saturated rings. The van der Waals surface area contributed by atoms with Crippen molar-refractivity contribution in [1.82, 2.24) is 20.4 Å². The highest BCUT2D eigenvalue weighted by Gasteiger charge is 2.24. The van der Waals surface area contributed by atoms with Gasteiger partial charge in [-0.3, -0.25) is 4.90 Å². The quantitative estimate of drug-likeness (QED) is 0.826. The third-order valence-electron chi connectivity index (χ3n) is 3.19. The van der Waals surface area contributed by atoms with Crippen LogP contribution in [0.5, 0.6) is 0 Å². The van der Waals surface area contributed by atoms with Crippen LogP contribution in [0.15, 0.2) is 18.3 Å². The zero-order valence-corrected chi connectivity index (χ0v) is 10.1. The largest absolute Gasteiger partial charge is 0.311 e. The van der Waals surface area contributed by atoms with Gasteiger partial charge in [0.1, 0.15) is 0 Å². The fourth-order valence-corrected chi connectivity index (χ4v) is 2.25. The SMILES string of the molecule is CCC1CNC(C)CN1Cc1cccnn1. The second kappa shape index (κ2) is 5.37. The predicted molar refractivity (Wildman–Crippen MR) is 64.0 cm³/mol. The second-order valence-corrected chi connectivity index (χ2v) is 4.52. The van der Waals surface area contributed by atoms with Gasteiger partial charge in [-0.25, -0.2) is 0 Å². The van der Waals surface area contributed by atoms with E-state index in [1.807, 2.05) is 12.1 Å². The first-order chi connectivity index (χ1) is 7.79. The van der Waals surface area contributed by atoms with E-state index in [1.54, 1.807) is 6.20 Å². The van der Waals surface area contributed by atoms with Crippen LogP contribution in [-0.4, -0.2) is 40.3 Å². The van der Waals surface area contributed by atoms with Gasteiger partial charge in [-0.15, -0.1) is 0 Å². The van der Waals surface area contributed by atoms with Crippen LogP contribution in [0.1, 0.15) is 26.0 Å². The van der Waals surface area contributed by atoms with Crippen molar-refractivity contribution in [2.75, 3.05) is 13.1 Å². The van der Waals surface area contributed by atoms with E-state index in [0.717, 1.165) is 25.3 Å². The van der Waals surface area contributed by atoms with E-state index >= 15 is 0 Å². The highest BCUT2D eigenvalue weighted by Crippen LogP contribution is 2.13. The maximum atomic E-state index is 4.15. The van der Waals surface area contributed by atoms with Crippen LogP contribution in [0.25, 0.3) is 0 Å². The minimum absolute atomic E-state index is 0.569. The third-order valence-corrected chi connectivity index (χ3v) is 3.19. The Balaban J connectivity index is 2.01. The maximum absolute atomic E-state index is 4.15. The summed E-state index contributed by atoms with van der Waals surface area (Å²) in [6.45, 7) is 7.56. The lowest BCUT2D eigenvalue weighted by molar-refractivity contribution is 0.122. The van der Waals surface area contributed by atoms with Crippen molar-refractivity contribution in [2.45, 2.75) is 38.9 Å². The molecular formula is C12H20N4. The fraction of sp³-hybridized carbons (Fsp3) is 0.667. The Morgan fingerprint density at radius 2 is 2.44 bits per heavy atom. The van der Waals surface area contributed by atoms with Crippen molar-refractivity contribution in [2.24, 2.45) is 0 Å². The van der Waals surface area contributed by atoms with E-state index in [-0.39, 0.29) is 0 Å². The van der Waals surface area contributed by atoms with E-state index in [9.17, 15) is 0 Å². The van der Waals surface area contributed by atoms with Crippen molar-refractivity contribution in [3.63, 3.8) is 0 Å². The first-order valence-electron chi connectivity index (χ1n) is 6.03. The Hall–Kier alpha value is -1.00. The molecule has 2 unspecified atom stereocenters. The van der Waals surface area contributed by atoms with Crippen LogP contribution in [0.4, 0.5) is 0 Å². The Morgan fingerprint density at radius 1 is 1.56 bits per heavy atom. The Bertz CT molecular complexity index is 314. The van der Waals surface area contributed by atoms with E-state index in [1.165, 1.54) is 6.42 Å². The molecule has 2 rings (SSSR count). The van der Waals surface area contributed by atoms with Crippen molar-refractivity contribution in [1.29, 1.82) is 0 Å². The van der Waals surface area contributed by atoms with Crippen LogP contribution in [0.3, 0.4) is 0 Å². The van der Waals surface area contributed by atoms with E-state index < -0.39 is 0 Å². The maximum Gasteiger partial charge on any atom is 0.0771 e. The summed E-state index contributed by atoms with van der Waals surface area (Å²) in [4.78, 5) is 2.51. The smallest absolute Gasteiger partial charge is 0.0771 e. The molecule has 0 bridgehead atoms. The number of rotatable bonds is 3. The molecule has 0 radical (unpaired) electrons. The minimum Gasteiger partial charge on any atom is -0.311 e. The Labute approximate surface area is 97.1 Å². The van der Waals surface area contributed by atoms with Crippen molar-refractivity contribution in [3.8, 4) is 0 Å². The first-order valence-corrected chi connectivity index (χ1v) is 6.03. The highest BCUT2D eigenvalue weighted by atomic mass is 15.2. The fourth-order valence-electron chi connectivity index (χ4n) is 2.25. The summed E-state index contributed by atoms with van der Waals surface area (Å²) in [6.07, 6.45) is 2.90. The van der Waals surface area contributed by atoms with Crippen LogP contribution in [0.2, 0.25) is 0 Å². The topological polar surface area (TPSA) is 41.0 Å². The summed E-state index contributed by atoms with van der Waals surface area (Å²) in [7, 11) is 0. The average molecular weight is 220 g/mol. The third kappa shape index (κ3) is 2.77. The molecule has 2 atom stereocenters. The molecule has 4 nitrogen and oxygen atoms in total. The number of nitrogens with one attached hydrogen (secondary N) is 1. The molecule has 1 aromatic heterocycles. The molecule has 0 aromatic carbocycles. The molecule has 4 heteroatoms. The summed E-state index contributed by atoms with van der Waals surface area (Å²) in [6, 6.07) is 5.19. The Kier molecular flexibility index (Phi) is 3.85. The zero-order valence-electron chi connectivity index (χ0n) is 10.1. The molecule has 1 aliphatic heterocycles. The molecule has 0 saturated carbocycles. The number of aromatic nitrogens is 2. The van der Waals surface area contributed by atoms with Gasteiger partial charge in [0.25, 0.3) is 0 Å². The second-order valence-electron chi connectivity index (χ2n) is 4.52. The van der Waals surface area contributed by atoms with Gasteiger partial charge in [0.05, 0.1) is 5.69 Å². The molecule has 16 heavy (non-hydrogen) atoms. The molecule has 0 amide bonds. The lowest BCUT2D eigenvalue weighted by Gasteiger charge is -2.38. The highest BCUT2D eigenvalue weighted by molar-refractivity contribution is 5.00. The number of hydrogen-bond donors (Lipinski definition) is 1. The summed E-state index contributed by atoms with van der Waals surface area (Å²) >= 11 is 0. The molecule has 1 N–H and O–H groups in total. The number of hydrogen-bond acceptors (Lipinski definition) is 4. The van der Waals surface area contributed by atoms with Gasteiger partial charge < -0.3 is 5.32 Å². The van der Waals surface area contributed by atoms with Crippen molar-refractivity contribution >= 4 is 0 Å². The number of nitrogens with zero attached hydrogens (tertiary/aromatic N) is 3. The molecule has 2 heterocycles. The summed E-state index contributed by atoms with van der Waals surface area (Å²) in [5.41, 5.74) is 1.06. The predicted octanol–water partition coefficient (Wildman–Crippen LogP) is 1.05. The van der Waals surface area contributed by atoms with Gasteiger partial charge in [-0.05, 0) is 25.5 Å². The van der Waals surface area contributed by atoms with Crippen molar-refractivity contribution < 1.29 is 0 Å². The lowest BCUT2D eigenvalue weighted by Crippen LogP contribution is -2.54. The molecule has 0 aliphatic carbocycles. The van der Waals surface area contributed by atoms with Gasteiger partial charge in [0.15, 0.2) is 0 Å². The van der Waals surface area contributed by atoms with Gasteiger partial charge in [-0.2, -0.15) is 10.2 Å². The molecule has 1 aromatic rings. The molecule has 0 spiro atoms. The Morgan fingerprint density at radius 3 is 3.12 bits per heavy atom. The first kappa shape index (κ1) is 11.5. The molecule has 1 aliphatic rings. The van der Waals surface area contributed by atoms with Crippen molar-refractivity contribution in [3.05, 3.63) is 24.0 Å². The zero-order chi connectivity index (χ0) is 11.4.